The Morgan fingerprint density at radius 1 is 0.846 bits per heavy atom. The zero-order valence-electron chi connectivity index (χ0n) is 21.8. The number of hydrogen-bond acceptors (Lipinski definition) is 9. The molecule has 0 fully saturated rings. The number of methoxy groups -OCH3 is 2. The van der Waals surface area contributed by atoms with E-state index in [2.05, 4.69) is 25.4 Å². The van der Waals surface area contributed by atoms with Gasteiger partial charge in [-0.15, -0.1) is 0 Å². The molecule has 0 aliphatic heterocycles. The Morgan fingerprint density at radius 3 is 1.95 bits per heavy atom. The molecule has 2 aromatic carbocycles. The van der Waals surface area contributed by atoms with Crippen LogP contribution in [-0.4, -0.2) is 80.5 Å². The Morgan fingerprint density at radius 2 is 1.41 bits per heavy atom. The van der Waals surface area contributed by atoms with Crippen molar-refractivity contribution < 1.29 is 43.3 Å². The van der Waals surface area contributed by atoms with Crippen LogP contribution in [0.3, 0.4) is 0 Å². The minimum absolute atomic E-state index is 0.0291. The highest BCUT2D eigenvalue weighted by Crippen LogP contribution is 2.44. The molecule has 0 spiro atoms. The quantitative estimate of drug-likeness (QED) is 0.235. The molecule has 3 amide bonds. The average molecular weight is 542 g/mol. The van der Waals surface area contributed by atoms with Gasteiger partial charge < -0.3 is 35.3 Å². The maximum atomic E-state index is 13.0. The summed E-state index contributed by atoms with van der Waals surface area (Å²) in [4.78, 5) is 61.4. The van der Waals surface area contributed by atoms with Crippen molar-refractivity contribution in [3.8, 4) is 11.1 Å². The van der Waals surface area contributed by atoms with Gasteiger partial charge in [-0.25, -0.2) is 4.79 Å². The molecule has 4 N–H and O–H groups in total. The fraction of sp³-hybridized carbons (Fsp3) is 0.370. The average Bonchev–Trinajstić information content (AvgIpc) is 3.26. The van der Waals surface area contributed by atoms with Crippen LogP contribution >= 0.6 is 0 Å². The fourth-order valence-electron chi connectivity index (χ4n) is 4.24. The first-order valence-corrected chi connectivity index (χ1v) is 12.2. The molecular formula is C27H31N3O9. The molecule has 208 valence electrons. The summed E-state index contributed by atoms with van der Waals surface area (Å²) in [5.74, 6) is -3.60. The molecule has 0 aromatic heterocycles. The summed E-state index contributed by atoms with van der Waals surface area (Å²) >= 11 is 0. The summed E-state index contributed by atoms with van der Waals surface area (Å²) in [6.07, 6.45) is -2.91. The summed E-state index contributed by atoms with van der Waals surface area (Å²) in [5, 5.41) is 16.9. The Kier molecular flexibility index (Phi) is 9.98. The van der Waals surface area contributed by atoms with Gasteiger partial charge in [-0.3, -0.25) is 19.2 Å². The molecule has 39 heavy (non-hydrogen) atoms. The van der Waals surface area contributed by atoms with E-state index in [-0.39, 0.29) is 12.5 Å². The number of carbonyl (C=O) groups excluding carboxylic acids is 5. The van der Waals surface area contributed by atoms with E-state index in [9.17, 15) is 29.1 Å². The lowest BCUT2D eigenvalue weighted by atomic mass is 9.98. The van der Waals surface area contributed by atoms with Crippen molar-refractivity contribution in [2.24, 2.45) is 0 Å². The number of aliphatic hydroxyl groups is 1. The Hall–Kier alpha value is -4.45. The van der Waals surface area contributed by atoms with Gasteiger partial charge >= 0.3 is 18.0 Å². The van der Waals surface area contributed by atoms with Crippen molar-refractivity contribution in [2.75, 3.05) is 27.4 Å². The van der Waals surface area contributed by atoms with E-state index in [0.29, 0.717) is 0 Å². The first kappa shape index (κ1) is 29.1. The zero-order valence-corrected chi connectivity index (χ0v) is 21.8. The molecule has 12 heteroatoms. The van der Waals surface area contributed by atoms with Crippen LogP contribution in [0, 0.1) is 0 Å². The minimum atomic E-state index is -1.49. The van der Waals surface area contributed by atoms with Gasteiger partial charge in [0, 0.05) is 5.92 Å². The van der Waals surface area contributed by atoms with E-state index in [1.54, 1.807) is 0 Å². The van der Waals surface area contributed by atoms with E-state index >= 15 is 0 Å². The first-order chi connectivity index (χ1) is 18.7. The van der Waals surface area contributed by atoms with E-state index in [1.807, 2.05) is 48.5 Å². The SMILES string of the molecule is COC(=O)CNC(=O)C(NC(=O)C(CC(=O)OC)NC(=O)OCC1c2ccccc2-c2ccccc21)C(C)O. The van der Waals surface area contributed by atoms with Gasteiger partial charge in [0.25, 0.3) is 0 Å². The number of aliphatic hydroxyl groups excluding tert-OH is 1. The standard InChI is InChI=1S/C27H31N3O9/c1-15(31)24(26(35)28-13-23(33)38-3)30-25(34)21(12-22(32)37-2)29-27(36)39-14-20-18-10-6-4-8-16(18)17-9-5-7-11-19(17)20/h4-11,15,20-21,24,31H,12-14H2,1-3H3,(H,28,35)(H,29,36)(H,30,34). The number of benzene rings is 2. The van der Waals surface area contributed by atoms with Crippen LogP contribution in [0.2, 0.25) is 0 Å². The maximum Gasteiger partial charge on any atom is 0.407 e. The highest BCUT2D eigenvalue weighted by atomic mass is 16.5. The van der Waals surface area contributed by atoms with Crippen molar-refractivity contribution in [2.45, 2.75) is 37.5 Å². The highest BCUT2D eigenvalue weighted by Gasteiger charge is 2.33. The number of rotatable bonds is 11. The predicted molar refractivity (Wildman–Crippen MR) is 137 cm³/mol. The lowest BCUT2D eigenvalue weighted by Crippen LogP contribution is -2.58. The predicted octanol–water partition coefficient (Wildman–Crippen LogP) is 0.612. The van der Waals surface area contributed by atoms with Crippen LogP contribution in [0.1, 0.15) is 30.4 Å². The highest BCUT2D eigenvalue weighted by molar-refractivity contribution is 5.94. The first-order valence-electron chi connectivity index (χ1n) is 12.2. The van der Waals surface area contributed by atoms with Gasteiger partial charge in [0.15, 0.2) is 0 Å². The van der Waals surface area contributed by atoms with Crippen molar-refractivity contribution in [3.05, 3.63) is 59.7 Å². The van der Waals surface area contributed by atoms with Crippen LogP contribution in [0.5, 0.6) is 0 Å². The summed E-state index contributed by atoms with van der Waals surface area (Å²) < 4.78 is 14.5. The third-order valence-electron chi connectivity index (χ3n) is 6.25. The number of esters is 2. The second-order valence-electron chi connectivity index (χ2n) is 8.82. The molecule has 3 unspecified atom stereocenters. The van der Waals surface area contributed by atoms with E-state index in [1.165, 1.54) is 6.92 Å². The lowest BCUT2D eigenvalue weighted by Gasteiger charge is -2.24. The number of carbonyl (C=O) groups is 5. The normalized spacial score (nSPS) is 14.1. The van der Waals surface area contributed by atoms with Crippen molar-refractivity contribution >= 4 is 29.8 Å². The molecule has 0 saturated carbocycles. The van der Waals surface area contributed by atoms with E-state index < -0.39 is 61.0 Å². The van der Waals surface area contributed by atoms with Gasteiger partial charge in [-0.05, 0) is 29.2 Å². The number of amides is 3. The van der Waals surface area contributed by atoms with Crippen LogP contribution in [0.25, 0.3) is 11.1 Å². The number of hydrogen-bond donors (Lipinski definition) is 4. The third-order valence-corrected chi connectivity index (χ3v) is 6.25. The molecular weight excluding hydrogens is 510 g/mol. The smallest absolute Gasteiger partial charge is 0.407 e. The largest absolute Gasteiger partial charge is 0.469 e. The topological polar surface area (TPSA) is 169 Å². The number of alkyl carbamates (subject to hydrolysis) is 1. The molecule has 1 aliphatic rings. The Bertz CT molecular complexity index is 1180. The molecule has 2 aromatic rings. The van der Waals surface area contributed by atoms with Gasteiger partial charge in [0.1, 0.15) is 25.2 Å². The molecule has 12 nitrogen and oxygen atoms in total. The van der Waals surface area contributed by atoms with Crippen molar-refractivity contribution in [1.29, 1.82) is 0 Å². The zero-order chi connectivity index (χ0) is 28.5. The van der Waals surface area contributed by atoms with E-state index in [0.717, 1.165) is 36.5 Å². The maximum absolute atomic E-state index is 13.0. The second-order valence-corrected chi connectivity index (χ2v) is 8.82. The van der Waals surface area contributed by atoms with Gasteiger partial charge in [0.05, 0.1) is 26.7 Å². The third kappa shape index (κ3) is 7.32. The fourth-order valence-corrected chi connectivity index (χ4v) is 4.24. The van der Waals surface area contributed by atoms with Crippen LogP contribution in [0.15, 0.2) is 48.5 Å². The van der Waals surface area contributed by atoms with E-state index in [4.69, 9.17) is 4.74 Å². The number of fused-ring (bicyclic) bond motifs is 3. The van der Waals surface area contributed by atoms with Gasteiger partial charge in [0.2, 0.25) is 11.8 Å². The molecule has 3 atom stereocenters. The Labute approximate surface area is 225 Å². The molecule has 0 saturated heterocycles. The van der Waals surface area contributed by atoms with Crippen molar-refractivity contribution in [1.82, 2.24) is 16.0 Å². The number of nitrogens with one attached hydrogen (secondary N) is 3. The summed E-state index contributed by atoms with van der Waals surface area (Å²) in [5.41, 5.74) is 4.07. The van der Waals surface area contributed by atoms with Crippen LogP contribution < -0.4 is 16.0 Å². The molecule has 0 heterocycles. The molecule has 0 radical (unpaired) electrons. The Balaban J connectivity index is 1.67. The summed E-state index contributed by atoms with van der Waals surface area (Å²) in [7, 11) is 2.25. The summed E-state index contributed by atoms with van der Waals surface area (Å²) in [6.45, 7) is 0.730. The monoisotopic (exact) mass is 541 g/mol. The van der Waals surface area contributed by atoms with Gasteiger partial charge in [-0.1, -0.05) is 48.5 Å². The van der Waals surface area contributed by atoms with Gasteiger partial charge in [-0.2, -0.15) is 0 Å². The van der Waals surface area contributed by atoms with Crippen molar-refractivity contribution in [3.63, 3.8) is 0 Å². The molecule has 1 aliphatic carbocycles. The van der Waals surface area contributed by atoms with Crippen LogP contribution in [-0.2, 0) is 33.4 Å². The minimum Gasteiger partial charge on any atom is -0.469 e. The van der Waals surface area contributed by atoms with Crippen LogP contribution in [0.4, 0.5) is 4.79 Å². The summed E-state index contributed by atoms with van der Waals surface area (Å²) in [6, 6.07) is 12.6. The lowest BCUT2D eigenvalue weighted by molar-refractivity contribution is -0.144. The number of ether oxygens (including phenoxy) is 3. The second kappa shape index (κ2) is 13.4. The molecule has 0 bridgehead atoms. The molecule has 3 rings (SSSR count).